The summed E-state index contributed by atoms with van der Waals surface area (Å²) >= 11 is 1.62. The lowest BCUT2D eigenvalue weighted by atomic mass is 9.76. The van der Waals surface area contributed by atoms with Crippen LogP contribution in [-0.2, 0) is 6.42 Å². The first-order valence-corrected chi connectivity index (χ1v) is 11.5. The number of hydrogen-bond donors (Lipinski definition) is 3. The highest BCUT2D eigenvalue weighted by Gasteiger charge is 2.34. The van der Waals surface area contributed by atoms with Gasteiger partial charge in [-0.3, -0.25) is 9.78 Å². The number of ketones is 1. The van der Waals surface area contributed by atoms with E-state index >= 15 is 0 Å². The van der Waals surface area contributed by atoms with Gasteiger partial charge in [0.05, 0.1) is 11.1 Å². The fourth-order valence-corrected chi connectivity index (χ4v) is 5.80. The smallest absolute Gasteiger partial charge is 0.186 e. The number of pyridine rings is 1. The van der Waals surface area contributed by atoms with Crippen LogP contribution in [0, 0.1) is 0 Å². The van der Waals surface area contributed by atoms with Crippen LogP contribution in [0.1, 0.15) is 83.4 Å². The van der Waals surface area contributed by atoms with Gasteiger partial charge in [0.25, 0.3) is 0 Å². The molecule has 156 valence electrons. The molecule has 6 nitrogen and oxygen atoms in total. The van der Waals surface area contributed by atoms with Crippen molar-refractivity contribution < 1.29 is 9.90 Å². The highest BCUT2D eigenvalue weighted by Crippen LogP contribution is 2.36. The summed E-state index contributed by atoms with van der Waals surface area (Å²) in [5.74, 6) is 0.672. The number of aliphatic hydroxyl groups excluding tert-OH is 1. The van der Waals surface area contributed by atoms with E-state index in [-0.39, 0.29) is 30.2 Å². The standard InChI is InChI=1S/C22H30N4O2S/c23-17-8-14(9-18(24)21(17)28)16-6-7-25-11-15(16)10-20(27)19-12-29-22(26-19)13-4-2-1-3-5-13/h6-7,11-14,17-18,21,28H,1-5,8-10,23-24H2/t14?,17-,18+,21?. The third-order valence-electron chi connectivity index (χ3n) is 6.48. The van der Waals surface area contributed by atoms with Gasteiger partial charge in [0.15, 0.2) is 5.78 Å². The van der Waals surface area contributed by atoms with Crippen molar-refractivity contribution in [2.75, 3.05) is 0 Å². The first kappa shape index (κ1) is 20.6. The molecule has 5 N–H and O–H groups in total. The van der Waals surface area contributed by atoms with Crippen LogP contribution < -0.4 is 11.5 Å². The Bertz CT molecular complexity index is 837. The van der Waals surface area contributed by atoms with Crippen molar-refractivity contribution in [1.82, 2.24) is 9.97 Å². The molecule has 2 unspecified atom stereocenters. The second-order valence-corrected chi connectivity index (χ2v) is 9.46. The largest absolute Gasteiger partial charge is 0.390 e. The summed E-state index contributed by atoms with van der Waals surface area (Å²) in [6.45, 7) is 0. The summed E-state index contributed by atoms with van der Waals surface area (Å²) in [6, 6.07) is 1.26. The van der Waals surface area contributed by atoms with Crippen LogP contribution in [0.2, 0.25) is 0 Å². The molecule has 2 aliphatic rings. The van der Waals surface area contributed by atoms with Crippen LogP contribution in [0.3, 0.4) is 0 Å². The fraction of sp³-hybridized carbons (Fsp3) is 0.591. The third-order valence-corrected chi connectivity index (χ3v) is 7.49. The van der Waals surface area contributed by atoms with Gasteiger partial charge in [0.1, 0.15) is 5.69 Å². The van der Waals surface area contributed by atoms with Gasteiger partial charge in [-0.25, -0.2) is 4.98 Å². The van der Waals surface area contributed by atoms with Crippen molar-refractivity contribution in [3.05, 3.63) is 45.7 Å². The van der Waals surface area contributed by atoms with E-state index in [1.807, 2.05) is 11.4 Å². The van der Waals surface area contributed by atoms with E-state index < -0.39 is 6.10 Å². The van der Waals surface area contributed by atoms with Crippen LogP contribution in [0.5, 0.6) is 0 Å². The number of aromatic nitrogens is 2. The van der Waals surface area contributed by atoms with Crippen molar-refractivity contribution in [1.29, 1.82) is 0 Å². The van der Waals surface area contributed by atoms with Gasteiger partial charge in [-0.1, -0.05) is 19.3 Å². The molecule has 0 spiro atoms. The van der Waals surface area contributed by atoms with E-state index in [1.54, 1.807) is 23.7 Å². The zero-order chi connectivity index (χ0) is 20.4. The Morgan fingerprint density at radius 2 is 1.86 bits per heavy atom. The minimum absolute atomic E-state index is 0.0296. The molecule has 4 rings (SSSR count). The monoisotopic (exact) mass is 414 g/mol. The number of carbonyl (C=O) groups is 1. The maximum atomic E-state index is 13.0. The van der Waals surface area contributed by atoms with Gasteiger partial charge >= 0.3 is 0 Å². The van der Waals surface area contributed by atoms with Gasteiger partial charge in [-0.15, -0.1) is 11.3 Å². The molecule has 0 aromatic carbocycles. The Hall–Kier alpha value is -1.67. The molecule has 0 aliphatic heterocycles. The minimum atomic E-state index is -0.675. The topological polar surface area (TPSA) is 115 Å². The molecule has 0 radical (unpaired) electrons. The molecule has 0 saturated heterocycles. The molecule has 2 aromatic rings. The van der Waals surface area contributed by atoms with E-state index in [9.17, 15) is 9.90 Å². The summed E-state index contributed by atoms with van der Waals surface area (Å²) in [5.41, 5.74) is 14.7. The zero-order valence-electron chi connectivity index (χ0n) is 16.7. The van der Waals surface area contributed by atoms with Crippen molar-refractivity contribution in [3.63, 3.8) is 0 Å². The fourth-order valence-electron chi connectivity index (χ4n) is 4.80. The molecule has 7 heteroatoms. The summed E-state index contributed by atoms with van der Waals surface area (Å²) in [7, 11) is 0. The van der Waals surface area contributed by atoms with Crippen molar-refractivity contribution in [3.8, 4) is 0 Å². The lowest BCUT2D eigenvalue weighted by molar-refractivity contribution is 0.0798. The number of aliphatic hydroxyl groups is 1. The highest BCUT2D eigenvalue weighted by molar-refractivity contribution is 7.09. The van der Waals surface area contributed by atoms with Gasteiger partial charge < -0.3 is 16.6 Å². The molecule has 2 fully saturated rings. The van der Waals surface area contributed by atoms with E-state index in [1.165, 1.54) is 32.1 Å². The molecule has 0 bridgehead atoms. The number of rotatable bonds is 5. The molecule has 2 aromatic heterocycles. The lowest BCUT2D eigenvalue weighted by Gasteiger charge is -2.36. The Kier molecular flexibility index (Phi) is 6.39. The normalized spacial score (nSPS) is 28.4. The van der Waals surface area contributed by atoms with Gasteiger partial charge in [0.2, 0.25) is 0 Å². The first-order valence-electron chi connectivity index (χ1n) is 10.6. The third kappa shape index (κ3) is 4.58. The van der Waals surface area contributed by atoms with Crippen LogP contribution >= 0.6 is 11.3 Å². The average molecular weight is 415 g/mol. The van der Waals surface area contributed by atoms with Crippen LogP contribution in [0.4, 0.5) is 0 Å². The predicted octanol–water partition coefficient (Wildman–Crippen LogP) is 2.90. The first-order chi connectivity index (χ1) is 14.0. The number of thiazole rings is 1. The van der Waals surface area contributed by atoms with Gasteiger partial charge in [0, 0.05) is 42.2 Å². The summed E-state index contributed by atoms with van der Waals surface area (Å²) in [5, 5.41) is 13.1. The molecule has 0 amide bonds. The molecular weight excluding hydrogens is 384 g/mol. The predicted molar refractivity (Wildman–Crippen MR) is 114 cm³/mol. The van der Waals surface area contributed by atoms with Crippen LogP contribution in [-0.4, -0.2) is 39.0 Å². The van der Waals surface area contributed by atoms with Crippen molar-refractivity contribution >= 4 is 17.1 Å². The number of Topliss-reactive ketones (excluding diaryl/α,β-unsaturated/α-hetero) is 1. The van der Waals surface area contributed by atoms with Crippen LogP contribution in [0.15, 0.2) is 23.8 Å². The number of hydrogen-bond acceptors (Lipinski definition) is 7. The lowest BCUT2D eigenvalue weighted by Crippen LogP contribution is -2.52. The maximum absolute atomic E-state index is 13.0. The SMILES string of the molecule is N[C@@H]1CC(c2ccncc2CC(=O)c2csc(C3CCCCC3)n2)C[C@H](N)C1O. The summed E-state index contributed by atoms with van der Waals surface area (Å²) in [6.07, 6.45) is 10.6. The van der Waals surface area contributed by atoms with Crippen molar-refractivity contribution in [2.24, 2.45) is 11.5 Å². The van der Waals surface area contributed by atoms with E-state index in [0.717, 1.165) is 16.1 Å². The van der Waals surface area contributed by atoms with E-state index in [2.05, 4.69) is 9.97 Å². The molecule has 2 aliphatic carbocycles. The molecule has 29 heavy (non-hydrogen) atoms. The number of carbonyl (C=O) groups excluding carboxylic acids is 1. The minimum Gasteiger partial charge on any atom is -0.390 e. The summed E-state index contributed by atoms with van der Waals surface area (Å²) in [4.78, 5) is 21.9. The number of nitrogens with two attached hydrogens (primary N) is 2. The van der Waals surface area contributed by atoms with Gasteiger partial charge in [-0.2, -0.15) is 0 Å². The molecule has 2 heterocycles. The molecular formula is C22H30N4O2S. The Morgan fingerprint density at radius 1 is 1.14 bits per heavy atom. The Labute approximate surface area is 175 Å². The quantitative estimate of drug-likeness (QED) is 0.648. The Morgan fingerprint density at radius 3 is 2.59 bits per heavy atom. The molecule has 2 saturated carbocycles. The molecule has 4 atom stereocenters. The van der Waals surface area contributed by atoms with Crippen molar-refractivity contribution in [2.45, 2.75) is 81.4 Å². The van der Waals surface area contributed by atoms with Crippen LogP contribution in [0.25, 0.3) is 0 Å². The Balaban J connectivity index is 1.49. The van der Waals surface area contributed by atoms with E-state index in [0.29, 0.717) is 24.5 Å². The number of nitrogens with zero attached hydrogens (tertiary/aromatic N) is 2. The second-order valence-electron chi connectivity index (χ2n) is 8.57. The average Bonchev–Trinajstić information content (AvgIpc) is 3.23. The van der Waals surface area contributed by atoms with Gasteiger partial charge in [-0.05, 0) is 48.8 Å². The highest BCUT2D eigenvalue weighted by atomic mass is 32.1. The zero-order valence-corrected chi connectivity index (χ0v) is 17.5. The second kappa shape index (κ2) is 9.00. The maximum Gasteiger partial charge on any atom is 0.186 e. The van der Waals surface area contributed by atoms with E-state index in [4.69, 9.17) is 11.5 Å². The summed E-state index contributed by atoms with van der Waals surface area (Å²) < 4.78 is 0.